The second kappa shape index (κ2) is 10.6. The molecule has 0 aliphatic heterocycles. The number of carbonyl (C=O) groups is 1. The molecule has 0 spiro atoms. The van der Waals surface area contributed by atoms with Crippen molar-refractivity contribution < 1.29 is 17.7 Å². The van der Waals surface area contributed by atoms with Crippen LogP contribution in [-0.4, -0.2) is 28.9 Å². The highest BCUT2D eigenvalue weighted by Crippen LogP contribution is 2.30. The maximum Gasteiger partial charge on any atom is 0.263 e. The first-order valence-corrected chi connectivity index (χ1v) is 14.5. The van der Waals surface area contributed by atoms with Crippen LogP contribution in [-0.2, 0) is 29.4 Å². The van der Waals surface area contributed by atoms with Gasteiger partial charge in [-0.05, 0) is 56.7 Å². The lowest BCUT2D eigenvalue weighted by atomic mass is 10.0. The molecule has 2 heterocycles. The summed E-state index contributed by atoms with van der Waals surface area (Å²) in [6, 6.07) is 14.7. The molecule has 38 heavy (non-hydrogen) atoms. The second-order valence-electron chi connectivity index (χ2n) is 9.80. The Kier molecular flexibility index (Phi) is 7.21. The zero-order valence-corrected chi connectivity index (χ0v) is 22.8. The van der Waals surface area contributed by atoms with Crippen molar-refractivity contribution in [2.75, 3.05) is 4.72 Å². The molecule has 0 atom stereocenters. The highest BCUT2D eigenvalue weighted by Gasteiger charge is 2.25. The van der Waals surface area contributed by atoms with E-state index in [2.05, 4.69) is 21.4 Å². The lowest BCUT2D eigenvalue weighted by molar-refractivity contribution is 0.0973. The van der Waals surface area contributed by atoms with E-state index >= 15 is 0 Å². The summed E-state index contributed by atoms with van der Waals surface area (Å²) in [5.41, 5.74) is 4.72. The van der Waals surface area contributed by atoms with Gasteiger partial charge in [0.1, 0.15) is 17.3 Å². The SMILES string of the molecule is CCCc1nc2c(n1Cc1ccc(-c3ccccc3S(=O)(=O)Nc3noc(C)c3C)cc1)C(=O)CCCC2. The van der Waals surface area contributed by atoms with E-state index in [1.165, 1.54) is 0 Å². The summed E-state index contributed by atoms with van der Waals surface area (Å²) in [7, 11) is -3.91. The average Bonchev–Trinajstić information content (AvgIpc) is 3.33. The number of aromatic nitrogens is 3. The number of nitrogens with zero attached hydrogens (tertiary/aromatic N) is 3. The predicted molar refractivity (Wildman–Crippen MR) is 146 cm³/mol. The number of imidazole rings is 1. The number of fused-ring (bicyclic) bond motifs is 1. The maximum atomic E-state index is 13.3. The Bertz CT molecular complexity index is 1580. The van der Waals surface area contributed by atoms with Gasteiger partial charge >= 0.3 is 0 Å². The number of aryl methyl sites for hydroxylation is 3. The Morgan fingerprint density at radius 3 is 2.47 bits per heavy atom. The van der Waals surface area contributed by atoms with E-state index in [4.69, 9.17) is 9.51 Å². The molecule has 1 aliphatic carbocycles. The molecule has 0 bridgehead atoms. The van der Waals surface area contributed by atoms with Gasteiger partial charge < -0.3 is 9.09 Å². The molecule has 2 aromatic carbocycles. The normalized spacial score (nSPS) is 13.8. The number of hydrogen-bond acceptors (Lipinski definition) is 6. The summed E-state index contributed by atoms with van der Waals surface area (Å²) in [6.07, 6.45) is 5.08. The molecule has 5 rings (SSSR count). The average molecular weight is 533 g/mol. The highest BCUT2D eigenvalue weighted by atomic mass is 32.2. The van der Waals surface area contributed by atoms with Crippen LogP contribution in [0.5, 0.6) is 0 Å². The summed E-state index contributed by atoms with van der Waals surface area (Å²) < 4.78 is 36.4. The first-order valence-electron chi connectivity index (χ1n) is 13.0. The molecule has 1 N–H and O–H groups in total. The van der Waals surface area contributed by atoms with Crippen molar-refractivity contribution in [3.63, 3.8) is 0 Å². The van der Waals surface area contributed by atoms with Gasteiger partial charge in [0.05, 0.1) is 10.6 Å². The Balaban J connectivity index is 1.45. The zero-order valence-electron chi connectivity index (χ0n) is 22.0. The van der Waals surface area contributed by atoms with Gasteiger partial charge in [0.25, 0.3) is 10.0 Å². The molecule has 0 fully saturated rings. The Hall–Kier alpha value is -3.72. The molecular formula is C29H32N4O4S. The first kappa shape index (κ1) is 25.9. The number of carbonyl (C=O) groups excluding carboxylic acids is 1. The van der Waals surface area contributed by atoms with E-state index in [1.54, 1.807) is 32.0 Å². The van der Waals surface area contributed by atoms with E-state index in [1.807, 2.05) is 30.3 Å². The molecule has 0 saturated carbocycles. The monoisotopic (exact) mass is 532 g/mol. The van der Waals surface area contributed by atoms with Crippen LogP contribution < -0.4 is 4.72 Å². The van der Waals surface area contributed by atoms with Crippen LogP contribution in [0.1, 0.15) is 71.5 Å². The predicted octanol–water partition coefficient (Wildman–Crippen LogP) is 5.87. The molecule has 9 heteroatoms. The minimum Gasteiger partial charge on any atom is -0.359 e. The van der Waals surface area contributed by atoms with E-state index in [0.717, 1.165) is 60.4 Å². The van der Waals surface area contributed by atoms with Crippen LogP contribution in [0, 0.1) is 13.8 Å². The molecule has 2 aromatic heterocycles. The Morgan fingerprint density at radius 1 is 1.03 bits per heavy atom. The largest absolute Gasteiger partial charge is 0.359 e. The number of hydrogen-bond donors (Lipinski definition) is 1. The Morgan fingerprint density at radius 2 is 1.76 bits per heavy atom. The third kappa shape index (κ3) is 5.03. The van der Waals surface area contributed by atoms with Crippen molar-refractivity contribution in [2.24, 2.45) is 0 Å². The van der Waals surface area contributed by atoms with Crippen LogP contribution in [0.15, 0.2) is 57.9 Å². The summed E-state index contributed by atoms with van der Waals surface area (Å²) >= 11 is 0. The molecular weight excluding hydrogens is 500 g/mol. The molecule has 0 saturated heterocycles. The molecule has 0 amide bonds. The number of benzene rings is 2. The number of anilines is 1. The fourth-order valence-corrected chi connectivity index (χ4v) is 6.22. The van der Waals surface area contributed by atoms with Crippen molar-refractivity contribution in [1.82, 2.24) is 14.7 Å². The van der Waals surface area contributed by atoms with Gasteiger partial charge in [-0.3, -0.25) is 9.52 Å². The molecule has 0 unspecified atom stereocenters. The number of ketones is 1. The number of Topliss-reactive ketones (excluding diaryl/α,β-unsaturated/α-hetero) is 1. The quantitative estimate of drug-likeness (QED) is 0.285. The Labute approximate surface area is 223 Å². The van der Waals surface area contributed by atoms with Gasteiger partial charge in [-0.25, -0.2) is 13.4 Å². The van der Waals surface area contributed by atoms with Gasteiger partial charge in [-0.15, -0.1) is 0 Å². The third-order valence-corrected chi connectivity index (χ3v) is 8.49. The summed E-state index contributed by atoms with van der Waals surface area (Å²) in [4.78, 5) is 17.9. The van der Waals surface area contributed by atoms with Crippen molar-refractivity contribution in [1.29, 1.82) is 0 Å². The molecule has 1 aliphatic rings. The highest BCUT2D eigenvalue weighted by molar-refractivity contribution is 7.92. The lowest BCUT2D eigenvalue weighted by Crippen LogP contribution is -2.15. The molecule has 198 valence electrons. The van der Waals surface area contributed by atoms with Crippen molar-refractivity contribution in [3.05, 3.63) is 82.6 Å². The van der Waals surface area contributed by atoms with Gasteiger partial charge in [-0.2, -0.15) is 0 Å². The summed E-state index contributed by atoms with van der Waals surface area (Å²) in [5, 5.41) is 3.84. The van der Waals surface area contributed by atoms with Crippen LogP contribution in [0.25, 0.3) is 11.1 Å². The van der Waals surface area contributed by atoms with Gasteiger partial charge in [0, 0.05) is 30.5 Å². The van der Waals surface area contributed by atoms with Crippen LogP contribution in [0.4, 0.5) is 5.82 Å². The van der Waals surface area contributed by atoms with Crippen LogP contribution >= 0.6 is 0 Å². The van der Waals surface area contributed by atoms with Crippen LogP contribution in [0.2, 0.25) is 0 Å². The van der Waals surface area contributed by atoms with Gasteiger partial charge in [0.2, 0.25) is 0 Å². The minimum atomic E-state index is -3.91. The molecule has 0 radical (unpaired) electrons. The molecule has 4 aromatic rings. The smallest absolute Gasteiger partial charge is 0.263 e. The second-order valence-corrected chi connectivity index (χ2v) is 11.5. The van der Waals surface area contributed by atoms with Crippen LogP contribution in [0.3, 0.4) is 0 Å². The van der Waals surface area contributed by atoms with E-state index in [-0.39, 0.29) is 16.5 Å². The standard InChI is InChI=1S/C29H32N4O4S/c1-4-9-27-30-24-11-6-7-12-25(34)28(24)33(27)18-21-14-16-22(17-15-21)23-10-5-8-13-26(23)38(35,36)32-29-19(2)20(3)37-31-29/h5,8,10,13-17H,4,6-7,9,11-12,18H2,1-3H3,(H,31,32). The van der Waals surface area contributed by atoms with E-state index in [9.17, 15) is 13.2 Å². The van der Waals surface area contributed by atoms with E-state index in [0.29, 0.717) is 29.9 Å². The summed E-state index contributed by atoms with van der Waals surface area (Å²) in [5.74, 6) is 1.88. The molecule has 8 nitrogen and oxygen atoms in total. The fourth-order valence-electron chi connectivity index (χ4n) is 4.93. The topological polar surface area (TPSA) is 107 Å². The van der Waals surface area contributed by atoms with Gasteiger partial charge in [-0.1, -0.05) is 54.5 Å². The van der Waals surface area contributed by atoms with Crippen molar-refractivity contribution >= 4 is 21.6 Å². The van der Waals surface area contributed by atoms with E-state index < -0.39 is 10.0 Å². The number of sulfonamides is 1. The fraction of sp³-hybridized carbons (Fsp3) is 0.345. The summed E-state index contributed by atoms with van der Waals surface area (Å²) in [6.45, 7) is 6.16. The van der Waals surface area contributed by atoms with Crippen molar-refractivity contribution in [3.8, 4) is 11.1 Å². The number of nitrogens with one attached hydrogen (secondary N) is 1. The number of rotatable bonds is 8. The maximum absolute atomic E-state index is 13.3. The lowest BCUT2D eigenvalue weighted by Gasteiger charge is -2.14. The third-order valence-electron chi connectivity index (χ3n) is 7.09. The van der Waals surface area contributed by atoms with Crippen molar-refractivity contribution in [2.45, 2.75) is 70.7 Å². The minimum absolute atomic E-state index is 0.156. The first-order chi connectivity index (χ1) is 18.3. The zero-order chi connectivity index (χ0) is 26.9. The van der Waals surface area contributed by atoms with Gasteiger partial charge in [0.15, 0.2) is 11.6 Å².